The number of methoxy groups -OCH3 is 1. The summed E-state index contributed by atoms with van der Waals surface area (Å²) >= 11 is 0. The maximum absolute atomic E-state index is 12.3. The van der Waals surface area contributed by atoms with Gasteiger partial charge < -0.3 is 15.0 Å². The standard InChI is InChI=1S/C10H10F3N3O/c1-17-6-2-3-8-7(4-6)15-9(14)16(8)5-10(11,12)13/h2-4H,5H2,1H3,(H2,14,15). The van der Waals surface area contributed by atoms with Crippen LogP contribution in [0.2, 0.25) is 0 Å². The van der Waals surface area contributed by atoms with E-state index in [2.05, 4.69) is 4.98 Å². The van der Waals surface area contributed by atoms with E-state index in [0.717, 1.165) is 4.57 Å². The van der Waals surface area contributed by atoms with Crippen LogP contribution in [0, 0.1) is 0 Å². The average Bonchev–Trinajstić information content (AvgIpc) is 2.52. The van der Waals surface area contributed by atoms with Crippen molar-refractivity contribution in [1.82, 2.24) is 9.55 Å². The lowest BCUT2D eigenvalue weighted by Crippen LogP contribution is -2.19. The molecule has 0 radical (unpaired) electrons. The third kappa shape index (κ3) is 2.27. The first kappa shape index (κ1) is 11.6. The van der Waals surface area contributed by atoms with Gasteiger partial charge in [-0.1, -0.05) is 0 Å². The third-order valence-electron chi connectivity index (χ3n) is 2.32. The molecule has 0 unspecified atom stereocenters. The Bertz CT molecular complexity index is 547. The third-order valence-corrected chi connectivity index (χ3v) is 2.32. The second kappa shape index (κ2) is 3.83. The lowest BCUT2D eigenvalue weighted by Gasteiger charge is -2.09. The van der Waals surface area contributed by atoms with Crippen LogP contribution in [0.1, 0.15) is 0 Å². The maximum atomic E-state index is 12.3. The van der Waals surface area contributed by atoms with Crippen LogP contribution in [0.5, 0.6) is 5.75 Å². The van der Waals surface area contributed by atoms with Gasteiger partial charge in [0.15, 0.2) is 0 Å². The van der Waals surface area contributed by atoms with Gasteiger partial charge >= 0.3 is 6.18 Å². The molecule has 0 atom stereocenters. The largest absolute Gasteiger partial charge is 0.497 e. The normalized spacial score (nSPS) is 12.0. The van der Waals surface area contributed by atoms with E-state index in [1.807, 2.05) is 0 Å². The van der Waals surface area contributed by atoms with Gasteiger partial charge in [0.2, 0.25) is 5.95 Å². The molecule has 2 aromatic rings. The summed E-state index contributed by atoms with van der Waals surface area (Å²) in [4.78, 5) is 3.87. The summed E-state index contributed by atoms with van der Waals surface area (Å²) in [6.07, 6.45) is -4.33. The molecule has 92 valence electrons. The number of alkyl halides is 3. The molecule has 7 heteroatoms. The first-order valence-corrected chi connectivity index (χ1v) is 4.77. The van der Waals surface area contributed by atoms with Crippen LogP contribution in [-0.4, -0.2) is 22.8 Å². The summed E-state index contributed by atoms with van der Waals surface area (Å²) in [5.41, 5.74) is 6.18. The fourth-order valence-electron chi connectivity index (χ4n) is 1.60. The van der Waals surface area contributed by atoms with Crippen LogP contribution in [0.25, 0.3) is 11.0 Å². The van der Waals surface area contributed by atoms with Crippen LogP contribution in [0.15, 0.2) is 18.2 Å². The van der Waals surface area contributed by atoms with E-state index in [4.69, 9.17) is 10.5 Å². The van der Waals surface area contributed by atoms with E-state index in [1.165, 1.54) is 13.2 Å². The highest BCUT2D eigenvalue weighted by atomic mass is 19.4. The lowest BCUT2D eigenvalue weighted by atomic mass is 10.3. The molecule has 0 amide bonds. The number of imidazole rings is 1. The molecular weight excluding hydrogens is 235 g/mol. The molecule has 1 heterocycles. The molecular formula is C10H10F3N3O. The fraction of sp³-hybridized carbons (Fsp3) is 0.300. The number of nitrogens with two attached hydrogens (primary N) is 1. The Morgan fingerprint density at radius 3 is 2.71 bits per heavy atom. The Morgan fingerprint density at radius 1 is 1.41 bits per heavy atom. The van der Waals surface area contributed by atoms with Gasteiger partial charge in [-0.2, -0.15) is 13.2 Å². The highest BCUT2D eigenvalue weighted by Gasteiger charge is 2.29. The van der Waals surface area contributed by atoms with Crippen molar-refractivity contribution in [3.63, 3.8) is 0 Å². The van der Waals surface area contributed by atoms with Crippen LogP contribution >= 0.6 is 0 Å². The number of halogens is 3. The van der Waals surface area contributed by atoms with Gasteiger partial charge in [-0.15, -0.1) is 0 Å². The summed E-state index contributed by atoms with van der Waals surface area (Å²) < 4.78 is 42.9. The SMILES string of the molecule is COc1ccc2c(c1)nc(N)n2CC(F)(F)F. The minimum Gasteiger partial charge on any atom is -0.497 e. The maximum Gasteiger partial charge on any atom is 0.406 e. The topological polar surface area (TPSA) is 53.1 Å². The van der Waals surface area contributed by atoms with Crippen molar-refractivity contribution in [2.24, 2.45) is 0 Å². The summed E-state index contributed by atoms with van der Waals surface area (Å²) in [5, 5.41) is 0. The Balaban J connectivity index is 2.52. The van der Waals surface area contributed by atoms with Crippen molar-refractivity contribution >= 4 is 17.0 Å². The number of hydrogen-bond acceptors (Lipinski definition) is 3. The van der Waals surface area contributed by atoms with Gasteiger partial charge in [0, 0.05) is 6.07 Å². The van der Waals surface area contributed by atoms with Crippen molar-refractivity contribution in [1.29, 1.82) is 0 Å². The van der Waals surface area contributed by atoms with Gasteiger partial charge in [0.05, 0.1) is 18.1 Å². The minimum atomic E-state index is -4.33. The predicted octanol–water partition coefficient (Wildman–Crippen LogP) is 2.19. The van der Waals surface area contributed by atoms with Gasteiger partial charge in [0.1, 0.15) is 12.3 Å². The zero-order chi connectivity index (χ0) is 12.6. The molecule has 0 aliphatic heterocycles. The first-order valence-electron chi connectivity index (χ1n) is 4.77. The van der Waals surface area contributed by atoms with Gasteiger partial charge in [-0.05, 0) is 12.1 Å². The van der Waals surface area contributed by atoms with E-state index >= 15 is 0 Å². The Kier molecular flexibility index (Phi) is 2.60. The number of aromatic nitrogens is 2. The molecule has 1 aromatic carbocycles. The quantitative estimate of drug-likeness (QED) is 0.882. The monoisotopic (exact) mass is 245 g/mol. The average molecular weight is 245 g/mol. The highest BCUT2D eigenvalue weighted by Crippen LogP contribution is 2.26. The number of nitrogens with zero attached hydrogens (tertiary/aromatic N) is 2. The van der Waals surface area contributed by atoms with E-state index in [9.17, 15) is 13.2 Å². The Labute approximate surface area is 94.8 Å². The van der Waals surface area contributed by atoms with Crippen LogP contribution in [0.3, 0.4) is 0 Å². The van der Waals surface area contributed by atoms with Crippen LogP contribution in [-0.2, 0) is 6.54 Å². The van der Waals surface area contributed by atoms with Crippen molar-refractivity contribution < 1.29 is 17.9 Å². The van der Waals surface area contributed by atoms with Crippen LogP contribution in [0.4, 0.5) is 19.1 Å². The molecule has 0 spiro atoms. The minimum absolute atomic E-state index is 0.162. The summed E-state index contributed by atoms with van der Waals surface area (Å²) in [5.74, 6) is 0.361. The number of benzene rings is 1. The smallest absolute Gasteiger partial charge is 0.406 e. The van der Waals surface area contributed by atoms with Gasteiger partial charge in [-0.25, -0.2) is 4.98 Å². The molecule has 0 saturated heterocycles. The van der Waals surface area contributed by atoms with Crippen molar-refractivity contribution in [3.05, 3.63) is 18.2 Å². The predicted molar refractivity (Wildman–Crippen MR) is 56.8 cm³/mol. The molecule has 0 aliphatic carbocycles. The van der Waals surface area contributed by atoms with Crippen molar-refractivity contribution in [2.45, 2.75) is 12.7 Å². The van der Waals surface area contributed by atoms with E-state index in [0.29, 0.717) is 16.8 Å². The van der Waals surface area contributed by atoms with Crippen LogP contribution < -0.4 is 10.5 Å². The Morgan fingerprint density at radius 2 is 2.12 bits per heavy atom. The van der Waals surface area contributed by atoms with Crippen molar-refractivity contribution in [2.75, 3.05) is 12.8 Å². The molecule has 1 aromatic heterocycles. The summed E-state index contributed by atoms with van der Waals surface area (Å²) in [6.45, 7) is -1.15. The van der Waals surface area contributed by atoms with Crippen molar-refractivity contribution in [3.8, 4) is 5.75 Å². The number of ether oxygens (including phenoxy) is 1. The molecule has 2 rings (SSSR count). The molecule has 0 fully saturated rings. The Hall–Kier alpha value is -1.92. The lowest BCUT2D eigenvalue weighted by molar-refractivity contribution is -0.139. The number of nitrogen functional groups attached to an aromatic ring is 1. The zero-order valence-electron chi connectivity index (χ0n) is 8.95. The van der Waals surface area contributed by atoms with E-state index < -0.39 is 12.7 Å². The zero-order valence-corrected chi connectivity index (χ0v) is 8.95. The number of rotatable bonds is 2. The van der Waals surface area contributed by atoms with Gasteiger partial charge in [-0.3, -0.25) is 0 Å². The molecule has 0 saturated carbocycles. The molecule has 0 bridgehead atoms. The fourth-order valence-corrected chi connectivity index (χ4v) is 1.60. The van der Waals surface area contributed by atoms with E-state index in [-0.39, 0.29) is 5.95 Å². The summed E-state index contributed by atoms with van der Waals surface area (Å²) in [6, 6.07) is 4.61. The number of fused-ring (bicyclic) bond motifs is 1. The molecule has 0 aliphatic rings. The van der Waals surface area contributed by atoms with Gasteiger partial charge in [0.25, 0.3) is 0 Å². The second-order valence-corrected chi connectivity index (χ2v) is 3.53. The molecule has 2 N–H and O–H groups in total. The second-order valence-electron chi connectivity index (χ2n) is 3.53. The molecule has 17 heavy (non-hydrogen) atoms. The molecule has 4 nitrogen and oxygen atoms in total. The van der Waals surface area contributed by atoms with E-state index in [1.54, 1.807) is 12.1 Å². The first-order chi connectivity index (χ1) is 7.90. The number of anilines is 1. The summed E-state index contributed by atoms with van der Waals surface area (Å²) in [7, 11) is 1.47. The highest BCUT2D eigenvalue weighted by molar-refractivity contribution is 5.79. The number of hydrogen-bond donors (Lipinski definition) is 1.